The van der Waals surface area contributed by atoms with Gasteiger partial charge in [0.15, 0.2) is 11.7 Å². The van der Waals surface area contributed by atoms with E-state index in [1.807, 2.05) is 18.2 Å². The fraction of sp³-hybridized carbons (Fsp3) is 0.500. The summed E-state index contributed by atoms with van der Waals surface area (Å²) >= 11 is 0. The van der Waals surface area contributed by atoms with Crippen LogP contribution in [-0.4, -0.2) is 53.2 Å². The van der Waals surface area contributed by atoms with Crippen LogP contribution in [0.15, 0.2) is 40.5 Å². The van der Waals surface area contributed by atoms with Gasteiger partial charge in [0.05, 0.1) is 6.26 Å². The minimum absolute atomic E-state index is 0.584. The third-order valence-corrected chi connectivity index (χ3v) is 3.89. The first-order chi connectivity index (χ1) is 12.2. The summed E-state index contributed by atoms with van der Waals surface area (Å²) in [6.45, 7) is 5.48. The standard InChI is InChI=1S/C18H28N6O/c1-4-5-6-7-8-13-24(3)18(19-2)20-12-11-16-21-17(23-22-16)15-10-9-14-25-15/h4,9-10,14H,1,5-8,11-13H2,2-3H3,(H,19,20)(H,21,22,23). The first-order valence-electron chi connectivity index (χ1n) is 8.72. The highest BCUT2D eigenvalue weighted by Crippen LogP contribution is 2.14. The van der Waals surface area contributed by atoms with Gasteiger partial charge in [-0.3, -0.25) is 10.1 Å². The lowest BCUT2D eigenvalue weighted by atomic mass is 10.2. The van der Waals surface area contributed by atoms with Crippen molar-refractivity contribution >= 4 is 5.96 Å². The van der Waals surface area contributed by atoms with Crippen molar-refractivity contribution in [3.8, 4) is 11.6 Å². The highest BCUT2D eigenvalue weighted by Gasteiger charge is 2.09. The van der Waals surface area contributed by atoms with Gasteiger partial charge in [0.25, 0.3) is 0 Å². The van der Waals surface area contributed by atoms with E-state index in [2.05, 4.69) is 44.0 Å². The van der Waals surface area contributed by atoms with Crippen LogP contribution in [0.25, 0.3) is 11.6 Å². The number of aliphatic imine (C=N–C) groups is 1. The van der Waals surface area contributed by atoms with Crippen molar-refractivity contribution in [3.63, 3.8) is 0 Å². The van der Waals surface area contributed by atoms with Crippen LogP contribution in [0.2, 0.25) is 0 Å². The van der Waals surface area contributed by atoms with Crippen LogP contribution in [0.5, 0.6) is 0 Å². The van der Waals surface area contributed by atoms with Gasteiger partial charge in [0.1, 0.15) is 5.82 Å². The van der Waals surface area contributed by atoms with E-state index in [9.17, 15) is 0 Å². The fourth-order valence-electron chi connectivity index (χ4n) is 2.52. The molecule has 0 radical (unpaired) electrons. The Balaban J connectivity index is 1.71. The molecule has 2 aromatic heterocycles. The number of nitrogens with zero attached hydrogens (tertiary/aromatic N) is 4. The maximum absolute atomic E-state index is 5.29. The summed E-state index contributed by atoms with van der Waals surface area (Å²) in [4.78, 5) is 10.9. The number of rotatable bonds is 10. The number of allylic oxidation sites excluding steroid dienone is 1. The third kappa shape index (κ3) is 6.10. The SMILES string of the molecule is C=CCCCCCN(C)C(=NC)NCCc1nc(-c2ccco2)n[nH]1. The summed E-state index contributed by atoms with van der Waals surface area (Å²) in [5, 5.41) is 10.5. The summed E-state index contributed by atoms with van der Waals surface area (Å²) in [6, 6.07) is 3.67. The Kier molecular flexibility index (Phi) is 7.75. The zero-order chi connectivity index (χ0) is 17.9. The van der Waals surface area contributed by atoms with Crippen LogP contribution in [-0.2, 0) is 6.42 Å². The number of nitrogens with one attached hydrogen (secondary N) is 2. The Morgan fingerprint density at radius 1 is 1.44 bits per heavy atom. The highest BCUT2D eigenvalue weighted by atomic mass is 16.3. The highest BCUT2D eigenvalue weighted by molar-refractivity contribution is 5.79. The van der Waals surface area contributed by atoms with E-state index in [1.165, 1.54) is 12.8 Å². The topological polar surface area (TPSA) is 82.3 Å². The smallest absolute Gasteiger partial charge is 0.216 e. The predicted octanol–water partition coefficient (Wildman–Crippen LogP) is 2.86. The number of H-pyrrole nitrogens is 1. The molecule has 25 heavy (non-hydrogen) atoms. The largest absolute Gasteiger partial charge is 0.461 e. The normalized spacial score (nSPS) is 11.5. The van der Waals surface area contributed by atoms with Crippen molar-refractivity contribution in [3.05, 3.63) is 36.9 Å². The average Bonchev–Trinajstić information content (AvgIpc) is 3.29. The molecule has 0 aromatic carbocycles. The Morgan fingerprint density at radius 2 is 2.32 bits per heavy atom. The molecule has 2 rings (SSSR count). The molecule has 0 atom stereocenters. The van der Waals surface area contributed by atoms with Crippen LogP contribution in [0, 0.1) is 0 Å². The van der Waals surface area contributed by atoms with E-state index in [-0.39, 0.29) is 0 Å². The summed E-state index contributed by atoms with van der Waals surface area (Å²) in [7, 11) is 3.87. The molecule has 0 aliphatic heterocycles. The van der Waals surface area contributed by atoms with Gasteiger partial charge in [-0.15, -0.1) is 6.58 Å². The number of guanidine groups is 1. The maximum atomic E-state index is 5.29. The van der Waals surface area contributed by atoms with Gasteiger partial charge in [0, 0.05) is 33.6 Å². The lowest BCUT2D eigenvalue weighted by Crippen LogP contribution is -2.40. The van der Waals surface area contributed by atoms with Gasteiger partial charge in [0.2, 0.25) is 5.82 Å². The molecule has 0 saturated heterocycles. The van der Waals surface area contributed by atoms with Gasteiger partial charge in [-0.1, -0.05) is 12.5 Å². The van der Waals surface area contributed by atoms with Crippen LogP contribution in [0.1, 0.15) is 31.5 Å². The van der Waals surface area contributed by atoms with Crippen molar-refractivity contribution in [2.45, 2.75) is 32.1 Å². The predicted molar refractivity (Wildman–Crippen MR) is 100 cm³/mol. The Morgan fingerprint density at radius 3 is 3.04 bits per heavy atom. The second-order valence-electron chi connectivity index (χ2n) is 5.87. The molecule has 2 aromatic rings. The van der Waals surface area contributed by atoms with Crippen LogP contribution < -0.4 is 5.32 Å². The van der Waals surface area contributed by atoms with Crippen molar-refractivity contribution in [2.24, 2.45) is 4.99 Å². The minimum atomic E-state index is 0.584. The summed E-state index contributed by atoms with van der Waals surface area (Å²) in [6.07, 6.45) is 8.98. The second-order valence-corrected chi connectivity index (χ2v) is 5.87. The minimum Gasteiger partial charge on any atom is -0.461 e. The monoisotopic (exact) mass is 344 g/mol. The lowest BCUT2D eigenvalue weighted by Gasteiger charge is -2.21. The van der Waals surface area contributed by atoms with E-state index in [4.69, 9.17) is 4.42 Å². The molecule has 0 aliphatic rings. The van der Waals surface area contributed by atoms with Gasteiger partial charge in [-0.25, -0.2) is 4.98 Å². The van der Waals surface area contributed by atoms with Crippen molar-refractivity contribution < 1.29 is 4.42 Å². The zero-order valence-electron chi connectivity index (χ0n) is 15.2. The van der Waals surface area contributed by atoms with Crippen molar-refractivity contribution in [1.29, 1.82) is 0 Å². The van der Waals surface area contributed by atoms with E-state index < -0.39 is 0 Å². The quantitative estimate of drug-likeness (QED) is 0.300. The number of hydrogen-bond acceptors (Lipinski definition) is 4. The number of aromatic nitrogens is 3. The number of furan rings is 1. The molecule has 0 spiro atoms. The van der Waals surface area contributed by atoms with Gasteiger partial charge < -0.3 is 14.6 Å². The number of aromatic amines is 1. The number of unbranched alkanes of at least 4 members (excludes halogenated alkanes) is 3. The Bertz CT molecular complexity index is 646. The van der Waals surface area contributed by atoms with E-state index in [1.54, 1.807) is 13.3 Å². The average molecular weight is 344 g/mol. The molecular formula is C18H28N6O. The first kappa shape index (κ1) is 18.8. The van der Waals surface area contributed by atoms with Gasteiger partial charge >= 0.3 is 0 Å². The first-order valence-corrected chi connectivity index (χ1v) is 8.72. The Labute approximate surface area is 149 Å². The summed E-state index contributed by atoms with van der Waals surface area (Å²) in [5.41, 5.74) is 0. The molecule has 0 unspecified atom stereocenters. The molecule has 0 bridgehead atoms. The van der Waals surface area contributed by atoms with Crippen LogP contribution in [0.4, 0.5) is 0 Å². The molecule has 2 heterocycles. The molecule has 0 fully saturated rings. The van der Waals surface area contributed by atoms with Crippen LogP contribution >= 0.6 is 0 Å². The fourth-order valence-corrected chi connectivity index (χ4v) is 2.52. The van der Waals surface area contributed by atoms with Gasteiger partial charge in [-0.2, -0.15) is 5.10 Å². The molecule has 136 valence electrons. The molecule has 7 nitrogen and oxygen atoms in total. The van der Waals surface area contributed by atoms with Gasteiger partial charge in [-0.05, 0) is 31.4 Å². The molecule has 7 heteroatoms. The molecule has 2 N–H and O–H groups in total. The molecule has 0 aliphatic carbocycles. The van der Waals surface area contributed by atoms with E-state index in [0.717, 1.165) is 44.1 Å². The van der Waals surface area contributed by atoms with E-state index >= 15 is 0 Å². The summed E-state index contributed by atoms with van der Waals surface area (Å²) in [5.74, 6) is 2.97. The second kappa shape index (κ2) is 10.3. The zero-order valence-corrected chi connectivity index (χ0v) is 15.2. The summed E-state index contributed by atoms with van der Waals surface area (Å²) < 4.78 is 5.29. The number of hydrogen-bond donors (Lipinski definition) is 2. The van der Waals surface area contributed by atoms with E-state index in [0.29, 0.717) is 11.6 Å². The molecular weight excluding hydrogens is 316 g/mol. The third-order valence-electron chi connectivity index (χ3n) is 3.89. The van der Waals surface area contributed by atoms with Crippen molar-refractivity contribution in [1.82, 2.24) is 25.4 Å². The van der Waals surface area contributed by atoms with Crippen molar-refractivity contribution in [2.75, 3.05) is 27.2 Å². The Hall–Kier alpha value is -2.57. The van der Waals surface area contributed by atoms with Crippen LogP contribution in [0.3, 0.4) is 0 Å². The molecule has 0 saturated carbocycles. The molecule has 0 amide bonds. The maximum Gasteiger partial charge on any atom is 0.216 e. The lowest BCUT2D eigenvalue weighted by molar-refractivity contribution is 0.455.